The van der Waals surface area contributed by atoms with Crippen molar-refractivity contribution in [3.05, 3.63) is 0 Å². The van der Waals surface area contributed by atoms with Crippen molar-refractivity contribution in [3.8, 4) is 0 Å². The normalized spacial score (nSPS) is 32.8. The summed E-state index contributed by atoms with van der Waals surface area (Å²) < 4.78 is 0. The first kappa shape index (κ1) is 10.4. The van der Waals surface area contributed by atoms with Crippen LogP contribution in [0.25, 0.3) is 0 Å². The third-order valence-corrected chi connectivity index (χ3v) is 3.79. The van der Waals surface area contributed by atoms with Crippen molar-refractivity contribution in [2.75, 3.05) is 13.1 Å². The second-order valence-electron chi connectivity index (χ2n) is 4.94. The average Bonchev–Trinajstić information content (AvgIpc) is 2.51. The van der Waals surface area contributed by atoms with E-state index in [1.54, 1.807) is 0 Å². The molecular weight excluding hydrogens is 174 g/mol. The molecule has 1 N–H and O–H groups in total. The summed E-state index contributed by atoms with van der Waals surface area (Å²) in [6.45, 7) is 2.07. The lowest BCUT2D eigenvalue weighted by Gasteiger charge is -2.29. The molecule has 2 heteroatoms. The molecule has 14 heavy (non-hydrogen) atoms. The molecule has 1 aliphatic carbocycles. The van der Waals surface area contributed by atoms with E-state index < -0.39 is 0 Å². The molecule has 82 valence electrons. The Morgan fingerprint density at radius 1 is 0.857 bits per heavy atom. The van der Waals surface area contributed by atoms with Crippen LogP contribution in [-0.2, 0) is 0 Å². The highest BCUT2D eigenvalue weighted by Gasteiger charge is 2.26. The van der Waals surface area contributed by atoms with Crippen LogP contribution in [0.15, 0.2) is 0 Å². The predicted octanol–water partition coefficient (Wildman–Crippen LogP) is 2.17. The fourth-order valence-corrected chi connectivity index (χ4v) is 2.90. The van der Waals surface area contributed by atoms with E-state index in [0.717, 1.165) is 25.6 Å². The molecule has 2 nitrogen and oxygen atoms in total. The van der Waals surface area contributed by atoms with Crippen LogP contribution < -0.4 is 0 Å². The molecule has 2 rings (SSSR count). The molecule has 2 aliphatic rings. The fraction of sp³-hybridized carbons (Fsp3) is 1.00. The smallest absolute Gasteiger partial charge is 0.0679 e. The highest BCUT2D eigenvalue weighted by atomic mass is 16.3. The Morgan fingerprint density at radius 2 is 1.50 bits per heavy atom. The SMILES string of the molecule is OC1CCN(C2CCCCCCC2)C1. The average molecular weight is 197 g/mol. The highest BCUT2D eigenvalue weighted by molar-refractivity contribution is 4.81. The number of nitrogens with zero attached hydrogens (tertiary/aromatic N) is 1. The molecule has 0 bridgehead atoms. The molecular formula is C12H23NO. The number of β-amino-alcohol motifs (C(OH)–C–C–N with tert-alkyl or cyclic N) is 1. The van der Waals surface area contributed by atoms with Gasteiger partial charge in [0.15, 0.2) is 0 Å². The van der Waals surface area contributed by atoms with E-state index in [9.17, 15) is 5.11 Å². The quantitative estimate of drug-likeness (QED) is 0.696. The largest absolute Gasteiger partial charge is 0.392 e. The van der Waals surface area contributed by atoms with Crippen LogP contribution in [-0.4, -0.2) is 35.2 Å². The summed E-state index contributed by atoms with van der Waals surface area (Å²) in [5.74, 6) is 0. The van der Waals surface area contributed by atoms with Crippen LogP contribution >= 0.6 is 0 Å². The summed E-state index contributed by atoms with van der Waals surface area (Å²) in [6.07, 6.45) is 10.8. The third kappa shape index (κ3) is 2.71. The minimum absolute atomic E-state index is 0.0413. The van der Waals surface area contributed by atoms with Crippen LogP contribution in [0, 0.1) is 0 Å². The summed E-state index contributed by atoms with van der Waals surface area (Å²) in [4.78, 5) is 2.52. The standard InChI is InChI=1S/C12H23NO/c14-12-8-9-13(10-12)11-6-4-2-1-3-5-7-11/h11-12,14H,1-10H2. The fourth-order valence-electron chi connectivity index (χ4n) is 2.90. The molecule has 1 saturated heterocycles. The first-order valence-corrected chi connectivity index (χ1v) is 6.28. The molecule has 1 saturated carbocycles. The predicted molar refractivity (Wildman–Crippen MR) is 58.3 cm³/mol. The van der Waals surface area contributed by atoms with E-state index in [1.165, 1.54) is 44.9 Å². The number of hydrogen-bond acceptors (Lipinski definition) is 2. The van der Waals surface area contributed by atoms with E-state index in [4.69, 9.17) is 0 Å². The summed E-state index contributed by atoms with van der Waals surface area (Å²) in [6, 6.07) is 0.785. The van der Waals surface area contributed by atoms with Crippen molar-refractivity contribution in [3.63, 3.8) is 0 Å². The summed E-state index contributed by atoms with van der Waals surface area (Å²) in [7, 11) is 0. The van der Waals surface area contributed by atoms with Crippen molar-refractivity contribution in [2.24, 2.45) is 0 Å². The van der Waals surface area contributed by atoms with Crippen molar-refractivity contribution in [1.82, 2.24) is 4.90 Å². The van der Waals surface area contributed by atoms with Gasteiger partial charge in [-0.2, -0.15) is 0 Å². The Morgan fingerprint density at radius 3 is 2.07 bits per heavy atom. The molecule has 0 aromatic heterocycles. The van der Waals surface area contributed by atoms with E-state index in [0.29, 0.717) is 0 Å². The maximum atomic E-state index is 9.51. The Bertz CT molecular complexity index is 164. The van der Waals surface area contributed by atoms with Crippen molar-refractivity contribution in [2.45, 2.75) is 63.5 Å². The second kappa shape index (κ2) is 5.13. The molecule has 1 unspecified atom stereocenters. The van der Waals surface area contributed by atoms with E-state index in [-0.39, 0.29) is 6.10 Å². The molecule has 1 aliphatic heterocycles. The number of likely N-dealkylation sites (tertiary alicyclic amines) is 1. The summed E-state index contributed by atoms with van der Waals surface area (Å²) >= 11 is 0. The lowest BCUT2D eigenvalue weighted by molar-refractivity contribution is 0.147. The van der Waals surface area contributed by atoms with Crippen LogP contribution in [0.2, 0.25) is 0 Å². The number of aliphatic hydroxyl groups is 1. The van der Waals surface area contributed by atoms with Gasteiger partial charge in [-0.3, -0.25) is 4.90 Å². The van der Waals surface area contributed by atoms with Crippen LogP contribution in [0.1, 0.15) is 51.4 Å². The summed E-state index contributed by atoms with van der Waals surface area (Å²) in [5.41, 5.74) is 0. The Balaban J connectivity index is 1.81. The van der Waals surface area contributed by atoms with Gasteiger partial charge >= 0.3 is 0 Å². The second-order valence-corrected chi connectivity index (χ2v) is 4.94. The van der Waals surface area contributed by atoms with Gasteiger partial charge < -0.3 is 5.11 Å². The van der Waals surface area contributed by atoms with Gasteiger partial charge in [0.2, 0.25) is 0 Å². The van der Waals surface area contributed by atoms with Crippen molar-refractivity contribution in [1.29, 1.82) is 0 Å². The zero-order chi connectivity index (χ0) is 9.80. The van der Waals surface area contributed by atoms with Crippen LogP contribution in [0.4, 0.5) is 0 Å². The van der Waals surface area contributed by atoms with E-state index in [2.05, 4.69) is 4.90 Å². The number of rotatable bonds is 1. The van der Waals surface area contributed by atoms with Gasteiger partial charge in [0, 0.05) is 19.1 Å². The minimum Gasteiger partial charge on any atom is -0.392 e. The first-order chi connectivity index (χ1) is 6.86. The lowest BCUT2D eigenvalue weighted by atomic mass is 9.96. The van der Waals surface area contributed by atoms with Gasteiger partial charge in [-0.05, 0) is 19.3 Å². The molecule has 1 heterocycles. The van der Waals surface area contributed by atoms with Crippen molar-refractivity contribution < 1.29 is 5.11 Å². The zero-order valence-corrected chi connectivity index (χ0v) is 9.12. The zero-order valence-electron chi connectivity index (χ0n) is 9.12. The third-order valence-electron chi connectivity index (χ3n) is 3.79. The van der Waals surface area contributed by atoms with Crippen molar-refractivity contribution >= 4 is 0 Å². The highest BCUT2D eigenvalue weighted by Crippen LogP contribution is 2.24. The Labute approximate surface area is 87.3 Å². The molecule has 1 atom stereocenters. The van der Waals surface area contributed by atoms with Crippen LogP contribution in [0.3, 0.4) is 0 Å². The van der Waals surface area contributed by atoms with Gasteiger partial charge in [-0.1, -0.05) is 32.1 Å². The van der Waals surface area contributed by atoms with E-state index >= 15 is 0 Å². The lowest BCUT2D eigenvalue weighted by Crippen LogP contribution is -2.34. The maximum absolute atomic E-state index is 9.51. The van der Waals surface area contributed by atoms with Crippen LogP contribution in [0.5, 0.6) is 0 Å². The van der Waals surface area contributed by atoms with E-state index in [1.807, 2.05) is 0 Å². The molecule has 0 radical (unpaired) electrons. The van der Waals surface area contributed by atoms with Gasteiger partial charge in [0.25, 0.3) is 0 Å². The monoisotopic (exact) mass is 197 g/mol. The Hall–Kier alpha value is -0.0800. The first-order valence-electron chi connectivity index (χ1n) is 6.28. The number of hydrogen-bond donors (Lipinski definition) is 1. The molecule has 0 aromatic carbocycles. The minimum atomic E-state index is -0.0413. The maximum Gasteiger partial charge on any atom is 0.0679 e. The summed E-state index contributed by atoms with van der Waals surface area (Å²) in [5, 5.41) is 9.51. The Kier molecular flexibility index (Phi) is 3.82. The van der Waals surface area contributed by atoms with Gasteiger partial charge in [-0.15, -0.1) is 0 Å². The molecule has 2 fully saturated rings. The van der Waals surface area contributed by atoms with Gasteiger partial charge in [0.1, 0.15) is 0 Å². The molecule has 0 spiro atoms. The molecule has 0 aromatic rings. The van der Waals surface area contributed by atoms with Gasteiger partial charge in [-0.25, -0.2) is 0 Å². The van der Waals surface area contributed by atoms with Gasteiger partial charge in [0.05, 0.1) is 6.10 Å². The molecule has 0 amide bonds. The number of aliphatic hydroxyl groups excluding tert-OH is 1. The topological polar surface area (TPSA) is 23.5 Å².